The Morgan fingerprint density at radius 1 is 1.06 bits per heavy atom. The predicted molar refractivity (Wildman–Crippen MR) is 74.4 cm³/mol. The average molecular weight is 251 g/mol. The van der Waals surface area contributed by atoms with Crippen LogP contribution in [0.5, 0.6) is 0 Å². The molecule has 2 aliphatic carbocycles. The van der Waals surface area contributed by atoms with Gasteiger partial charge in [-0.05, 0) is 62.7 Å². The molecule has 2 saturated carbocycles. The molecule has 0 amide bonds. The average Bonchev–Trinajstić information content (AvgIpc) is 2.37. The predicted octanol–water partition coefficient (Wildman–Crippen LogP) is 3.49. The van der Waals surface area contributed by atoms with Crippen LogP contribution in [0.2, 0.25) is 0 Å². The van der Waals surface area contributed by atoms with Gasteiger partial charge in [0.05, 0.1) is 5.60 Å². The Morgan fingerprint density at radius 3 is 2.39 bits per heavy atom. The SMILES string of the molecule is CC1CCC(C(N)C2CCOC3(CCC3)C2)CC1. The summed E-state index contributed by atoms with van der Waals surface area (Å²) in [5.74, 6) is 2.46. The van der Waals surface area contributed by atoms with E-state index in [1.807, 2.05) is 0 Å². The highest BCUT2D eigenvalue weighted by atomic mass is 16.5. The Balaban J connectivity index is 1.56. The van der Waals surface area contributed by atoms with E-state index in [2.05, 4.69) is 6.92 Å². The summed E-state index contributed by atoms with van der Waals surface area (Å²) in [6.45, 7) is 3.35. The van der Waals surface area contributed by atoms with Gasteiger partial charge in [-0.1, -0.05) is 19.8 Å². The highest BCUT2D eigenvalue weighted by molar-refractivity contribution is 4.97. The van der Waals surface area contributed by atoms with Crippen LogP contribution in [0.15, 0.2) is 0 Å². The zero-order valence-corrected chi connectivity index (χ0v) is 11.9. The van der Waals surface area contributed by atoms with E-state index in [1.165, 1.54) is 57.8 Å². The second-order valence-corrected chi connectivity index (χ2v) is 7.24. The molecule has 1 aliphatic heterocycles. The van der Waals surface area contributed by atoms with E-state index in [0.29, 0.717) is 6.04 Å². The summed E-state index contributed by atoms with van der Waals surface area (Å²) in [5.41, 5.74) is 6.88. The highest BCUT2D eigenvalue weighted by Gasteiger charge is 2.44. The lowest BCUT2D eigenvalue weighted by Crippen LogP contribution is -2.51. The molecule has 3 fully saturated rings. The lowest BCUT2D eigenvalue weighted by atomic mass is 9.67. The molecular weight excluding hydrogens is 222 g/mol. The van der Waals surface area contributed by atoms with E-state index in [4.69, 9.17) is 10.5 Å². The Hall–Kier alpha value is -0.0800. The van der Waals surface area contributed by atoms with Crippen molar-refractivity contribution in [2.24, 2.45) is 23.5 Å². The van der Waals surface area contributed by atoms with Gasteiger partial charge in [-0.2, -0.15) is 0 Å². The zero-order chi connectivity index (χ0) is 12.6. The molecule has 2 unspecified atom stereocenters. The van der Waals surface area contributed by atoms with Crippen LogP contribution in [0.1, 0.15) is 64.7 Å². The molecule has 0 radical (unpaired) electrons. The van der Waals surface area contributed by atoms with Gasteiger partial charge in [0.15, 0.2) is 0 Å². The largest absolute Gasteiger partial charge is 0.375 e. The summed E-state index contributed by atoms with van der Waals surface area (Å²) in [7, 11) is 0. The molecule has 0 aromatic carbocycles. The lowest BCUT2D eigenvalue weighted by molar-refractivity contribution is -0.148. The first-order valence-electron chi connectivity index (χ1n) is 8.08. The molecule has 1 heterocycles. The Kier molecular flexibility index (Phi) is 3.68. The molecule has 3 rings (SSSR count). The van der Waals surface area contributed by atoms with Crippen molar-refractivity contribution >= 4 is 0 Å². The summed E-state index contributed by atoms with van der Waals surface area (Å²) in [6.07, 6.45) is 11.9. The van der Waals surface area contributed by atoms with E-state index in [9.17, 15) is 0 Å². The van der Waals surface area contributed by atoms with Crippen LogP contribution in [0.25, 0.3) is 0 Å². The summed E-state index contributed by atoms with van der Waals surface area (Å²) in [6, 6.07) is 0.443. The molecule has 0 bridgehead atoms. The maximum atomic E-state index is 6.61. The van der Waals surface area contributed by atoms with E-state index in [1.54, 1.807) is 0 Å². The fraction of sp³-hybridized carbons (Fsp3) is 1.00. The van der Waals surface area contributed by atoms with Crippen LogP contribution < -0.4 is 5.73 Å². The summed E-state index contributed by atoms with van der Waals surface area (Å²) >= 11 is 0. The molecule has 18 heavy (non-hydrogen) atoms. The standard InChI is InChI=1S/C16H29NO/c1-12-3-5-13(6-4-12)15(17)14-7-10-18-16(11-14)8-2-9-16/h12-15H,2-11,17H2,1H3. The molecule has 104 valence electrons. The molecule has 1 spiro atoms. The summed E-state index contributed by atoms with van der Waals surface area (Å²) in [4.78, 5) is 0. The normalized spacial score (nSPS) is 41.3. The smallest absolute Gasteiger partial charge is 0.0685 e. The van der Waals surface area contributed by atoms with Gasteiger partial charge in [0, 0.05) is 12.6 Å². The van der Waals surface area contributed by atoms with Crippen LogP contribution in [0, 0.1) is 17.8 Å². The Morgan fingerprint density at radius 2 is 1.78 bits per heavy atom. The first-order valence-corrected chi connectivity index (χ1v) is 8.08. The van der Waals surface area contributed by atoms with Crippen molar-refractivity contribution < 1.29 is 4.74 Å². The molecule has 2 atom stereocenters. The van der Waals surface area contributed by atoms with Gasteiger partial charge in [-0.25, -0.2) is 0 Å². The summed E-state index contributed by atoms with van der Waals surface area (Å²) < 4.78 is 6.03. The maximum absolute atomic E-state index is 6.61. The number of hydrogen-bond donors (Lipinski definition) is 1. The maximum Gasteiger partial charge on any atom is 0.0685 e. The quantitative estimate of drug-likeness (QED) is 0.815. The van der Waals surface area contributed by atoms with Gasteiger partial charge >= 0.3 is 0 Å². The number of hydrogen-bond acceptors (Lipinski definition) is 2. The minimum Gasteiger partial charge on any atom is -0.375 e. The zero-order valence-electron chi connectivity index (χ0n) is 11.9. The third-order valence-electron chi connectivity index (χ3n) is 5.95. The third kappa shape index (κ3) is 2.46. The molecule has 0 aromatic rings. The molecule has 3 aliphatic rings. The molecule has 2 heteroatoms. The minimum atomic E-state index is 0.266. The third-order valence-corrected chi connectivity index (χ3v) is 5.95. The van der Waals surface area contributed by atoms with Crippen molar-refractivity contribution in [3.05, 3.63) is 0 Å². The molecule has 2 N–H and O–H groups in total. The van der Waals surface area contributed by atoms with Crippen molar-refractivity contribution in [3.8, 4) is 0 Å². The van der Waals surface area contributed by atoms with Gasteiger partial charge in [0.25, 0.3) is 0 Å². The summed E-state index contributed by atoms with van der Waals surface area (Å²) in [5, 5.41) is 0. The molecular formula is C16H29NO. The van der Waals surface area contributed by atoms with Crippen molar-refractivity contribution in [2.75, 3.05) is 6.61 Å². The van der Waals surface area contributed by atoms with Gasteiger partial charge in [0.1, 0.15) is 0 Å². The lowest BCUT2D eigenvalue weighted by Gasteiger charge is -2.49. The van der Waals surface area contributed by atoms with Crippen LogP contribution in [-0.2, 0) is 4.74 Å². The Labute approximate surface area is 112 Å². The van der Waals surface area contributed by atoms with E-state index in [0.717, 1.165) is 24.4 Å². The second-order valence-electron chi connectivity index (χ2n) is 7.24. The van der Waals surface area contributed by atoms with Crippen molar-refractivity contribution in [1.82, 2.24) is 0 Å². The fourth-order valence-corrected chi connectivity index (χ4v) is 4.37. The molecule has 2 nitrogen and oxygen atoms in total. The van der Waals surface area contributed by atoms with Crippen LogP contribution in [0.3, 0.4) is 0 Å². The monoisotopic (exact) mass is 251 g/mol. The van der Waals surface area contributed by atoms with E-state index >= 15 is 0 Å². The van der Waals surface area contributed by atoms with E-state index < -0.39 is 0 Å². The molecule has 0 aromatic heterocycles. The number of rotatable bonds is 2. The van der Waals surface area contributed by atoms with E-state index in [-0.39, 0.29) is 5.60 Å². The first-order chi connectivity index (χ1) is 8.69. The molecule has 1 saturated heterocycles. The number of nitrogens with two attached hydrogens (primary N) is 1. The van der Waals surface area contributed by atoms with Crippen LogP contribution in [-0.4, -0.2) is 18.2 Å². The Bertz CT molecular complexity index is 279. The van der Waals surface area contributed by atoms with Gasteiger partial charge in [0.2, 0.25) is 0 Å². The fourth-order valence-electron chi connectivity index (χ4n) is 4.37. The minimum absolute atomic E-state index is 0.266. The van der Waals surface area contributed by atoms with Crippen LogP contribution in [0.4, 0.5) is 0 Å². The van der Waals surface area contributed by atoms with Gasteiger partial charge < -0.3 is 10.5 Å². The van der Waals surface area contributed by atoms with Crippen molar-refractivity contribution in [2.45, 2.75) is 76.4 Å². The van der Waals surface area contributed by atoms with Crippen molar-refractivity contribution in [1.29, 1.82) is 0 Å². The topological polar surface area (TPSA) is 35.2 Å². The second kappa shape index (κ2) is 5.13. The van der Waals surface area contributed by atoms with Gasteiger partial charge in [-0.3, -0.25) is 0 Å². The van der Waals surface area contributed by atoms with Crippen molar-refractivity contribution in [3.63, 3.8) is 0 Å². The number of ether oxygens (including phenoxy) is 1. The van der Waals surface area contributed by atoms with Gasteiger partial charge in [-0.15, -0.1) is 0 Å². The first kappa shape index (κ1) is 12.9. The highest BCUT2D eigenvalue weighted by Crippen LogP contribution is 2.46. The van der Waals surface area contributed by atoms with Crippen LogP contribution >= 0.6 is 0 Å².